The van der Waals surface area contributed by atoms with Gasteiger partial charge in [-0.15, -0.1) is 0 Å². The van der Waals surface area contributed by atoms with E-state index in [2.05, 4.69) is 200 Å². The minimum absolute atomic E-state index is 0.0606. The van der Waals surface area contributed by atoms with Gasteiger partial charge in [0.25, 0.3) is 0 Å². The molecule has 0 amide bonds. The van der Waals surface area contributed by atoms with Gasteiger partial charge in [0.15, 0.2) is 33.3 Å². The van der Waals surface area contributed by atoms with Crippen LogP contribution in [-0.4, -0.2) is 70.4 Å². The van der Waals surface area contributed by atoms with Crippen molar-refractivity contribution in [1.82, 2.24) is 0 Å². The fourth-order valence-corrected chi connectivity index (χ4v) is 15.1. The first-order chi connectivity index (χ1) is 28.9. The Hall–Kier alpha value is -0.372. The van der Waals surface area contributed by atoms with E-state index in [1.54, 1.807) is 5.57 Å². The maximum atomic E-state index is 7.43. The Labute approximate surface area is 402 Å². The molecule has 3 aliphatic carbocycles. The lowest BCUT2D eigenvalue weighted by Gasteiger charge is -2.48. The highest BCUT2D eigenvalue weighted by molar-refractivity contribution is 6.75. The SMILES string of the molecule is CCC(C=CC=C[C@@H](C)C1CCC2C(=CC=C3C[C@@H](O[Si](C)(C)C(C)(C)C)C(OCCO[Si](C)(C)C(C)(C)C)[C@H](O[Si](C)(C)C(C)(C)C)C3)CCCC21C)(CC)O[Si](C)(C)C(C)(C)C. The predicted octanol–water partition coefficient (Wildman–Crippen LogP) is 17.4. The molecule has 3 rings (SSSR count). The fourth-order valence-electron chi connectivity index (χ4n) is 9.75. The molecule has 9 heteroatoms. The van der Waals surface area contributed by atoms with Gasteiger partial charge in [0, 0.05) is 0 Å². The highest BCUT2D eigenvalue weighted by Crippen LogP contribution is 2.60. The van der Waals surface area contributed by atoms with Crippen molar-refractivity contribution in [3.63, 3.8) is 0 Å². The molecule has 0 heterocycles. The van der Waals surface area contributed by atoms with Crippen LogP contribution in [0.3, 0.4) is 0 Å². The van der Waals surface area contributed by atoms with Crippen LogP contribution in [0.2, 0.25) is 72.5 Å². The standard InChI is InChI=1S/C55H106O5Si4/c1-25-55(26-2,60-64(23,24)53(13,14)15)37-28-27-30-42(3)45-34-35-46-44(31-29-36-54(45,46)16)33-32-43-40-47(58-62(19,20)51(7,8)9)49(48(41-43)59-63(21,22)52(10,11)12)56-38-39-57-61(17,18)50(4,5)6/h27-28,30,32-33,37,42,45-49H,25-26,29,31,34-36,38-41H2,1-24H3/t42-,45?,46?,47-,48-,49?,54?/m1/s1. The zero-order valence-electron chi connectivity index (χ0n) is 46.7. The summed E-state index contributed by atoms with van der Waals surface area (Å²) >= 11 is 0. The van der Waals surface area contributed by atoms with Crippen LogP contribution in [0.5, 0.6) is 0 Å². The third kappa shape index (κ3) is 14.1. The summed E-state index contributed by atoms with van der Waals surface area (Å²) in [6, 6.07) is 0. The van der Waals surface area contributed by atoms with Crippen molar-refractivity contribution < 1.29 is 22.4 Å². The summed E-state index contributed by atoms with van der Waals surface area (Å²) in [6.07, 6.45) is 24.5. The number of hydrogen-bond donors (Lipinski definition) is 0. The van der Waals surface area contributed by atoms with Crippen LogP contribution < -0.4 is 0 Å². The normalized spacial score (nSPS) is 27.5. The van der Waals surface area contributed by atoms with E-state index in [1.807, 2.05) is 0 Å². The minimum Gasteiger partial charge on any atom is -0.414 e. The van der Waals surface area contributed by atoms with E-state index in [-0.39, 0.29) is 44.1 Å². The van der Waals surface area contributed by atoms with E-state index < -0.39 is 33.3 Å². The number of fused-ring (bicyclic) bond motifs is 1. The smallest absolute Gasteiger partial charge is 0.193 e. The molecule has 0 aromatic heterocycles. The van der Waals surface area contributed by atoms with E-state index in [0.717, 1.165) is 25.7 Å². The molecule has 0 saturated heterocycles. The highest BCUT2D eigenvalue weighted by atomic mass is 28.4. The predicted molar refractivity (Wildman–Crippen MR) is 290 cm³/mol. The molecule has 372 valence electrons. The summed E-state index contributed by atoms with van der Waals surface area (Å²) in [7, 11) is -8.08. The molecule has 0 radical (unpaired) electrons. The van der Waals surface area contributed by atoms with E-state index in [1.165, 1.54) is 37.7 Å². The summed E-state index contributed by atoms with van der Waals surface area (Å²) in [6.45, 7) is 58.0. The summed E-state index contributed by atoms with van der Waals surface area (Å²) in [5.74, 6) is 1.85. The zero-order chi connectivity index (χ0) is 49.2. The minimum atomic E-state index is -2.14. The molecule has 3 aliphatic rings. The van der Waals surface area contributed by atoms with Crippen LogP contribution in [0.25, 0.3) is 0 Å². The van der Waals surface area contributed by atoms with Crippen LogP contribution in [-0.2, 0) is 22.4 Å². The summed E-state index contributed by atoms with van der Waals surface area (Å²) < 4.78 is 35.6. The van der Waals surface area contributed by atoms with E-state index in [0.29, 0.717) is 36.4 Å². The molecule has 5 nitrogen and oxygen atoms in total. The number of allylic oxidation sites excluding steroid dienone is 6. The molecule has 0 aliphatic heterocycles. The third-order valence-electron chi connectivity index (χ3n) is 18.4. The maximum absolute atomic E-state index is 7.43. The average Bonchev–Trinajstić information content (AvgIpc) is 3.49. The third-order valence-corrected chi connectivity index (χ3v) is 36.5. The topological polar surface area (TPSA) is 46.2 Å². The van der Waals surface area contributed by atoms with Gasteiger partial charge in [0.05, 0.1) is 31.0 Å². The number of hydrogen-bond acceptors (Lipinski definition) is 5. The Balaban J connectivity index is 1.94. The van der Waals surface area contributed by atoms with Gasteiger partial charge in [-0.3, -0.25) is 0 Å². The van der Waals surface area contributed by atoms with E-state index in [9.17, 15) is 0 Å². The second-order valence-electron chi connectivity index (χ2n) is 27.1. The fraction of sp³-hybridized carbons (Fsp3) is 0.855. The van der Waals surface area contributed by atoms with Gasteiger partial charge in [-0.05, 0) is 153 Å². The molecule has 3 fully saturated rings. The lowest BCUT2D eigenvalue weighted by molar-refractivity contribution is -0.105. The van der Waals surface area contributed by atoms with Crippen molar-refractivity contribution in [2.75, 3.05) is 13.2 Å². The molecule has 3 unspecified atom stereocenters. The number of ether oxygens (including phenoxy) is 1. The monoisotopic (exact) mass is 959 g/mol. The van der Waals surface area contributed by atoms with Gasteiger partial charge >= 0.3 is 0 Å². The largest absolute Gasteiger partial charge is 0.414 e. The van der Waals surface area contributed by atoms with Crippen molar-refractivity contribution in [2.45, 2.75) is 265 Å². The summed E-state index contributed by atoms with van der Waals surface area (Å²) in [5.41, 5.74) is 3.24. The van der Waals surface area contributed by atoms with E-state index in [4.69, 9.17) is 22.4 Å². The van der Waals surface area contributed by atoms with E-state index >= 15 is 0 Å². The average molecular weight is 960 g/mol. The molecule has 0 spiro atoms. The lowest BCUT2D eigenvalue weighted by Crippen LogP contribution is -2.56. The van der Waals surface area contributed by atoms with Crippen molar-refractivity contribution in [1.29, 1.82) is 0 Å². The highest BCUT2D eigenvalue weighted by Gasteiger charge is 2.51. The second-order valence-corrected chi connectivity index (χ2v) is 46.1. The molecular formula is C55H106O5Si4. The molecular weight excluding hydrogens is 853 g/mol. The zero-order valence-corrected chi connectivity index (χ0v) is 50.7. The first-order valence-electron chi connectivity index (χ1n) is 25.9. The molecule has 64 heavy (non-hydrogen) atoms. The van der Waals surface area contributed by atoms with Gasteiger partial charge < -0.3 is 22.4 Å². The van der Waals surface area contributed by atoms with Gasteiger partial charge in [0.1, 0.15) is 6.10 Å². The molecule has 0 N–H and O–H groups in total. The quantitative estimate of drug-likeness (QED) is 0.0778. The summed E-state index contributed by atoms with van der Waals surface area (Å²) in [5, 5.41) is 0.528. The van der Waals surface area contributed by atoms with Gasteiger partial charge in [-0.1, -0.05) is 158 Å². The van der Waals surface area contributed by atoms with Gasteiger partial charge in [-0.2, -0.15) is 0 Å². The Morgan fingerprint density at radius 3 is 1.62 bits per heavy atom. The Morgan fingerprint density at radius 1 is 0.656 bits per heavy atom. The van der Waals surface area contributed by atoms with Crippen LogP contribution in [0.1, 0.15) is 169 Å². The Bertz CT molecular complexity index is 1580. The van der Waals surface area contributed by atoms with Crippen molar-refractivity contribution in [3.05, 3.63) is 47.6 Å². The first-order valence-corrected chi connectivity index (χ1v) is 37.6. The lowest BCUT2D eigenvalue weighted by atomic mass is 9.61. The van der Waals surface area contributed by atoms with Gasteiger partial charge in [-0.25, -0.2) is 0 Å². The number of rotatable bonds is 18. The van der Waals surface area contributed by atoms with Crippen molar-refractivity contribution >= 4 is 33.3 Å². The second kappa shape index (κ2) is 21.3. The van der Waals surface area contributed by atoms with Crippen LogP contribution in [0.15, 0.2) is 47.6 Å². The molecule has 6 atom stereocenters. The molecule has 0 aromatic rings. The Morgan fingerprint density at radius 2 is 1.16 bits per heavy atom. The summed E-state index contributed by atoms with van der Waals surface area (Å²) in [4.78, 5) is 0. The Kier molecular flexibility index (Phi) is 19.3. The van der Waals surface area contributed by atoms with Crippen LogP contribution in [0, 0.1) is 23.2 Å². The van der Waals surface area contributed by atoms with Crippen molar-refractivity contribution in [3.8, 4) is 0 Å². The van der Waals surface area contributed by atoms with Crippen LogP contribution >= 0.6 is 0 Å². The van der Waals surface area contributed by atoms with Crippen molar-refractivity contribution in [2.24, 2.45) is 23.2 Å². The first kappa shape index (κ1) is 57.9. The van der Waals surface area contributed by atoms with Gasteiger partial charge in [0.2, 0.25) is 0 Å². The molecule has 0 bridgehead atoms. The maximum Gasteiger partial charge on any atom is 0.193 e. The molecule has 3 saturated carbocycles. The van der Waals surface area contributed by atoms with Crippen LogP contribution in [0.4, 0.5) is 0 Å². The molecule has 0 aromatic carbocycles.